The summed E-state index contributed by atoms with van der Waals surface area (Å²) in [5, 5.41) is 5.86. The third kappa shape index (κ3) is 3.30. The number of nitrogens with one attached hydrogen (secondary N) is 1. The van der Waals surface area contributed by atoms with Gasteiger partial charge in [-0.05, 0) is 45.1 Å². The molecular formula is C14H23NOS. The molecule has 96 valence electrons. The van der Waals surface area contributed by atoms with Crippen LogP contribution in [-0.4, -0.2) is 25.3 Å². The Hall–Kier alpha value is -0.380. The van der Waals surface area contributed by atoms with E-state index in [1.807, 2.05) is 11.3 Å². The molecule has 0 aliphatic carbocycles. The molecule has 1 saturated heterocycles. The fourth-order valence-corrected chi connectivity index (χ4v) is 3.27. The molecule has 0 spiro atoms. The summed E-state index contributed by atoms with van der Waals surface area (Å²) >= 11 is 1.88. The summed E-state index contributed by atoms with van der Waals surface area (Å²) < 4.78 is 5.53. The van der Waals surface area contributed by atoms with Gasteiger partial charge in [0.2, 0.25) is 0 Å². The Kier molecular flexibility index (Phi) is 3.91. The highest BCUT2D eigenvalue weighted by Crippen LogP contribution is 2.37. The van der Waals surface area contributed by atoms with Crippen molar-refractivity contribution >= 4 is 11.3 Å². The maximum absolute atomic E-state index is 5.53. The molecule has 0 atom stereocenters. The van der Waals surface area contributed by atoms with Crippen molar-refractivity contribution in [2.45, 2.75) is 44.6 Å². The van der Waals surface area contributed by atoms with Crippen LogP contribution in [0.2, 0.25) is 0 Å². The zero-order valence-corrected chi connectivity index (χ0v) is 11.9. The van der Waals surface area contributed by atoms with E-state index in [1.165, 1.54) is 4.88 Å². The normalized spacial score (nSPS) is 20.4. The van der Waals surface area contributed by atoms with Crippen LogP contribution in [-0.2, 0) is 10.2 Å². The molecule has 1 aromatic rings. The van der Waals surface area contributed by atoms with E-state index in [-0.39, 0.29) is 5.54 Å². The number of thiophene rings is 1. The molecule has 1 aromatic heterocycles. The molecule has 0 saturated carbocycles. The molecule has 0 unspecified atom stereocenters. The Morgan fingerprint density at radius 2 is 2.06 bits per heavy atom. The van der Waals surface area contributed by atoms with Crippen LogP contribution in [0.5, 0.6) is 0 Å². The van der Waals surface area contributed by atoms with Gasteiger partial charge in [0, 0.05) is 35.6 Å². The lowest BCUT2D eigenvalue weighted by Gasteiger charge is -2.39. The topological polar surface area (TPSA) is 21.3 Å². The minimum atomic E-state index is 0.183. The molecule has 17 heavy (non-hydrogen) atoms. The standard InChI is InChI=1S/C14H23NOS/c1-13(2,3)15-11-14(6-8-16-9-7-14)12-5-4-10-17-12/h4-5,10,15H,6-9,11H2,1-3H3. The first kappa shape index (κ1) is 13.1. The maximum Gasteiger partial charge on any atom is 0.0475 e. The zero-order valence-electron chi connectivity index (χ0n) is 11.1. The summed E-state index contributed by atoms with van der Waals surface area (Å²) in [6.07, 6.45) is 2.27. The number of hydrogen-bond donors (Lipinski definition) is 1. The van der Waals surface area contributed by atoms with Gasteiger partial charge in [0.1, 0.15) is 0 Å². The number of rotatable bonds is 3. The highest BCUT2D eigenvalue weighted by Gasteiger charge is 2.35. The minimum absolute atomic E-state index is 0.183. The van der Waals surface area contributed by atoms with Crippen LogP contribution in [0.3, 0.4) is 0 Å². The molecule has 0 aromatic carbocycles. The van der Waals surface area contributed by atoms with Crippen LogP contribution in [0, 0.1) is 0 Å². The van der Waals surface area contributed by atoms with Gasteiger partial charge in [-0.3, -0.25) is 0 Å². The Labute approximate surface area is 108 Å². The van der Waals surface area contributed by atoms with Crippen LogP contribution in [0.4, 0.5) is 0 Å². The molecule has 0 bridgehead atoms. The van der Waals surface area contributed by atoms with Crippen molar-refractivity contribution in [1.29, 1.82) is 0 Å². The molecule has 0 amide bonds. The van der Waals surface area contributed by atoms with Crippen molar-refractivity contribution in [1.82, 2.24) is 5.32 Å². The second-order valence-corrected chi connectivity index (χ2v) is 6.92. The van der Waals surface area contributed by atoms with E-state index in [2.05, 4.69) is 43.6 Å². The molecule has 2 nitrogen and oxygen atoms in total. The lowest BCUT2D eigenvalue weighted by atomic mass is 9.78. The Bertz CT molecular complexity index is 334. The van der Waals surface area contributed by atoms with Crippen LogP contribution in [0.25, 0.3) is 0 Å². The molecule has 3 heteroatoms. The SMILES string of the molecule is CC(C)(C)NCC1(c2cccs2)CCOCC1. The van der Waals surface area contributed by atoms with Crippen molar-refractivity contribution < 1.29 is 4.74 Å². The van der Waals surface area contributed by atoms with Crippen molar-refractivity contribution in [3.05, 3.63) is 22.4 Å². The summed E-state index contributed by atoms with van der Waals surface area (Å²) in [6, 6.07) is 4.44. The first-order chi connectivity index (χ1) is 8.02. The first-order valence-corrected chi connectivity index (χ1v) is 7.27. The predicted octanol–water partition coefficient (Wildman–Crippen LogP) is 3.18. The Morgan fingerprint density at radius 3 is 2.59 bits per heavy atom. The lowest BCUT2D eigenvalue weighted by molar-refractivity contribution is 0.0489. The van der Waals surface area contributed by atoms with E-state index in [0.29, 0.717) is 5.41 Å². The average molecular weight is 253 g/mol. The summed E-state index contributed by atoms with van der Waals surface area (Å²) in [6.45, 7) is 9.53. The molecule has 1 fully saturated rings. The third-order valence-corrected chi connectivity index (χ3v) is 4.57. The van der Waals surface area contributed by atoms with Crippen LogP contribution < -0.4 is 5.32 Å². The molecule has 1 N–H and O–H groups in total. The second kappa shape index (κ2) is 5.09. The van der Waals surface area contributed by atoms with Gasteiger partial charge in [-0.25, -0.2) is 0 Å². The smallest absolute Gasteiger partial charge is 0.0475 e. The quantitative estimate of drug-likeness (QED) is 0.893. The zero-order chi connectivity index (χ0) is 12.4. The van der Waals surface area contributed by atoms with Crippen molar-refractivity contribution in [2.24, 2.45) is 0 Å². The highest BCUT2D eigenvalue weighted by atomic mass is 32.1. The molecular weight excluding hydrogens is 230 g/mol. The summed E-state index contributed by atoms with van der Waals surface area (Å²) in [5.41, 5.74) is 0.474. The first-order valence-electron chi connectivity index (χ1n) is 6.39. The number of ether oxygens (including phenoxy) is 1. The van der Waals surface area contributed by atoms with E-state index >= 15 is 0 Å². The summed E-state index contributed by atoms with van der Waals surface area (Å²) in [4.78, 5) is 1.51. The van der Waals surface area contributed by atoms with Crippen molar-refractivity contribution in [3.63, 3.8) is 0 Å². The van der Waals surface area contributed by atoms with Crippen molar-refractivity contribution in [3.8, 4) is 0 Å². The Morgan fingerprint density at radius 1 is 1.35 bits per heavy atom. The van der Waals surface area contributed by atoms with E-state index < -0.39 is 0 Å². The molecule has 0 radical (unpaired) electrons. The van der Waals surface area contributed by atoms with Gasteiger partial charge in [0.05, 0.1) is 0 Å². The van der Waals surface area contributed by atoms with Gasteiger partial charge in [0.15, 0.2) is 0 Å². The van der Waals surface area contributed by atoms with Gasteiger partial charge >= 0.3 is 0 Å². The van der Waals surface area contributed by atoms with E-state index in [0.717, 1.165) is 32.6 Å². The summed E-state index contributed by atoms with van der Waals surface area (Å²) in [5.74, 6) is 0. The number of hydrogen-bond acceptors (Lipinski definition) is 3. The van der Waals surface area contributed by atoms with E-state index in [1.54, 1.807) is 0 Å². The fraction of sp³-hybridized carbons (Fsp3) is 0.714. The maximum atomic E-state index is 5.53. The predicted molar refractivity (Wildman–Crippen MR) is 73.8 cm³/mol. The van der Waals surface area contributed by atoms with E-state index in [9.17, 15) is 0 Å². The fourth-order valence-electron chi connectivity index (χ4n) is 2.29. The largest absolute Gasteiger partial charge is 0.381 e. The summed E-state index contributed by atoms with van der Waals surface area (Å²) in [7, 11) is 0. The average Bonchev–Trinajstić information content (AvgIpc) is 2.81. The van der Waals surface area contributed by atoms with Gasteiger partial charge in [0.25, 0.3) is 0 Å². The van der Waals surface area contributed by atoms with E-state index in [4.69, 9.17) is 4.74 Å². The monoisotopic (exact) mass is 253 g/mol. The molecule has 1 aliphatic heterocycles. The Balaban J connectivity index is 2.13. The van der Waals surface area contributed by atoms with Gasteiger partial charge < -0.3 is 10.1 Å². The molecule has 2 heterocycles. The lowest BCUT2D eigenvalue weighted by Crippen LogP contribution is -2.48. The van der Waals surface area contributed by atoms with Gasteiger partial charge in [-0.15, -0.1) is 11.3 Å². The van der Waals surface area contributed by atoms with Gasteiger partial charge in [-0.1, -0.05) is 6.07 Å². The highest BCUT2D eigenvalue weighted by molar-refractivity contribution is 7.10. The van der Waals surface area contributed by atoms with Crippen LogP contribution in [0.1, 0.15) is 38.5 Å². The third-order valence-electron chi connectivity index (χ3n) is 3.45. The van der Waals surface area contributed by atoms with Crippen molar-refractivity contribution in [2.75, 3.05) is 19.8 Å². The minimum Gasteiger partial charge on any atom is -0.381 e. The second-order valence-electron chi connectivity index (χ2n) is 5.97. The van der Waals surface area contributed by atoms with Gasteiger partial charge in [-0.2, -0.15) is 0 Å². The molecule has 1 aliphatic rings. The van der Waals surface area contributed by atoms with Crippen LogP contribution in [0.15, 0.2) is 17.5 Å². The molecule has 2 rings (SSSR count). The van der Waals surface area contributed by atoms with Crippen LogP contribution >= 0.6 is 11.3 Å².